The van der Waals surface area contributed by atoms with Crippen molar-refractivity contribution >= 4 is 11.1 Å². The molecular weight excluding hydrogens is 364 g/mol. The van der Waals surface area contributed by atoms with Gasteiger partial charge in [0.25, 0.3) is 0 Å². The van der Waals surface area contributed by atoms with Crippen LogP contribution in [0.2, 0.25) is 0 Å². The van der Waals surface area contributed by atoms with Gasteiger partial charge in [-0.2, -0.15) is 0 Å². The molecule has 0 unspecified atom stereocenters. The highest BCUT2D eigenvalue weighted by atomic mass is 14.8. The molecule has 0 fully saturated rings. The lowest BCUT2D eigenvalue weighted by molar-refractivity contribution is 0.296. The molecule has 1 aromatic heterocycles. The molecule has 154 valence electrons. The smallest absolute Gasteiger partial charge is 0.0931 e. The fourth-order valence-corrected chi connectivity index (χ4v) is 5.55. The van der Waals surface area contributed by atoms with Crippen molar-refractivity contribution in [3.63, 3.8) is 0 Å². The van der Waals surface area contributed by atoms with Crippen LogP contribution in [0, 0.1) is 21.7 Å². The Balaban J connectivity index is 2.02. The fraction of sp³-hybridized carbons (Fsp3) is 0.429. The number of nitrogens with zero attached hydrogens (tertiary/aromatic N) is 2. The summed E-state index contributed by atoms with van der Waals surface area (Å²) in [4.78, 5) is 9.79. The zero-order chi connectivity index (χ0) is 21.7. The van der Waals surface area contributed by atoms with Gasteiger partial charge in [0.15, 0.2) is 0 Å². The molecule has 0 saturated heterocycles. The number of fused-ring (bicyclic) bond motifs is 1. The third kappa shape index (κ3) is 2.25. The third-order valence-corrected chi connectivity index (χ3v) is 7.84. The van der Waals surface area contributed by atoms with Gasteiger partial charge in [-0.15, -0.1) is 0 Å². The van der Waals surface area contributed by atoms with E-state index in [1.165, 1.54) is 33.4 Å². The maximum atomic E-state index is 4.89. The number of allylic oxidation sites excluding steroid dienone is 10. The molecule has 0 bridgehead atoms. The average Bonchev–Trinajstić information content (AvgIpc) is 2.65. The Morgan fingerprint density at radius 3 is 1.30 bits per heavy atom. The molecule has 1 aromatic rings. The normalized spacial score (nSPS) is 29.5. The summed E-state index contributed by atoms with van der Waals surface area (Å²) in [5.74, 6) is 0. The summed E-state index contributed by atoms with van der Waals surface area (Å²) < 4.78 is 0. The molecule has 1 heterocycles. The highest BCUT2D eigenvalue weighted by Gasteiger charge is 2.58. The van der Waals surface area contributed by atoms with Crippen molar-refractivity contribution in [1.82, 2.24) is 9.97 Å². The van der Waals surface area contributed by atoms with Crippen LogP contribution in [0.25, 0.3) is 11.1 Å². The van der Waals surface area contributed by atoms with Gasteiger partial charge in [0.1, 0.15) is 0 Å². The minimum atomic E-state index is -0.166. The maximum absolute atomic E-state index is 4.89. The molecule has 4 aliphatic rings. The second kappa shape index (κ2) is 5.60. The monoisotopic (exact) mass is 396 g/mol. The van der Waals surface area contributed by atoms with Crippen LogP contribution in [0.5, 0.6) is 0 Å². The first kappa shape index (κ1) is 19.5. The van der Waals surface area contributed by atoms with Gasteiger partial charge < -0.3 is 0 Å². The molecule has 0 amide bonds. The van der Waals surface area contributed by atoms with Crippen molar-refractivity contribution in [3.8, 4) is 0 Å². The Bertz CT molecular complexity index is 1170. The van der Waals surface area contributed by atoms with Crippen LogP contribution in [0.15, 0.2) is 71.1 Å². The fourth-order valence-electron chi connectivity index (χ4n) is 5.55. The lowest BCUT2D eigenvalue weighted by Crippen LogP contribution is -2.56. The van der Waals surface area contributed by atoms with Crippen LogP contribution in [0.1, 0.15) is 55.4 Å². The van der Waals surface area contributed by atoms with Gasteiger partial charge in [-0.05, 0) is 44.3 Å². The van der Waals surface area contributed by atoms with E-state index in [1.54, 1.807) is 0 Å². The summed E-state index contributed by atoms with van der Waals surface area (Å²) in [5.41, 5.74) is 7.90. The van der Waals surface area contributed by atoms with Crippen LogP contribution >= 0.6 is 0 Å². The summed E-state index contributed by atoms with van der Waals surface area (Å²) in [5, 5.41) is 2.08. The molecule has 0 spiro atoms. The van der Waals surface area contributed by atoms with E-state index < -0.39 is 0 Å². The summed E-state index contributed by atoms with van der Waals surface area (Å²) in [6.45, 7) is 18.5. The topological polar surface area (TPSA) is 25.8 Å². The molecular formula is C28H32N2. The molecule has 4 aliphatic carbocycles. The highest BCUT2D eigenvalue weighted by molar-refractivity contribution is 5.87. The standard InChI is InChI=1S/C28H32N2/c1-25(2,3)19-13-17-9-10-18-14-20(26(4,5)6)16-22-24-23(29-11-12-30-24)21(15-19)27(17,7)28(18,22)8/h9-16H,1-8H3/t27-,28-/m1/s1. The molecule has 0 aromatic carbocycles. The predicted molar refractivity (Wildman–Crippen MR) is 125 cm³/mol. The van der Waals surface area contributed by atoms with Crippen molar-refractivity contribution in [2.24, 2.45) is 21.7 Å². The molecule has 30 heavy (non-hydrogen) atoms. The quantitative estimate of drug-likeness (QED) is 0.602. The van der Waals surface area contributed by atoms with Gasteiger partial charge in [0.2, 0.25) is 0 Å². The second-order valence-electron chi connectivity index (χ2n) is 11.6. The molecule has 2 heteroatoms. The molecule has 2 nitrogen and oxygen atoms in total. The van der Waals surface area contributed by atoms with Gasteiger partial charge in [-0.3, -0.25) is 9.97 Å². The summed E-state index contributed by atoms with van der Waals surface area (Å²) in [6.07, 6.45) is 18.0. The zero-order valence-corrected chi connectivity index (χ0v) is 19.5. The highest BCUT2D eigenvalue weighted by Crippen LogP contribution is 2.66. The molecule has 2 atom stereocenters. The van der Waals surface area contributed by atoms with Crippen molar-refractivity contribution in [2.75, 3.05) is 0 Å². The minimum Gasteiger partial charge on any atom is -0.253 e. The van der Waals surface area contributed by atoms with E-state index in [1.807, 2.05) is 12.4 Å². The summed E-state index contributed by atoms with van der Waals surface area (Å²) in [7, 11) is 0. The minimum absolute atomic E-state index is 0.0738. The summed E-state index contributed by atoms with van der Waals surface area (Å²) in [6, 6.07) is 0. The first-order valence-corrected chi connectivity index (χ1v) is 11.0. The second-order valence-corrected chi connectivity index (χ2v) is 11.6. The lowest BCUT2D eigenvalue weighted by atomic mass is 9.45. The number of aromatic nitrogens is 2. The van der Waals surface area contributed by atoms with Crippen LogP contribution in [-0.2, 0) is 0 Å². The lowest BCUT2D eigenvalue weighted by Gasteiger charge is -2.56. The van der Waals surface area contributed by atoms with E-state index >= 15 is 0 Å². The van der Waals surface area contributed by atoms with Crippen molar-refractivity contribution in [1.29, 1.82) is 0 Å². The van der Waals surface area contributed by atoms with E-state index in [-0.39, 0.29) is 21.7 Å². The molecule has 0 radical (unpaired) electrons. The Morgan fingerprint density at radius 1 is 0.600 bits per heavy atom. The van der Waals surface area contributed by atoms with E-state index in [9.17, 15) is 0 Å². The molecule has 0 aliphatic heterocycles. The summed E-state index contributed by atoms with van der Waals surface area (Å²) >= 11 is 0. The van der Waals surface area contributed by atoms with Crippen LogP contribution in [0.4, 0.5) is 0 Å². The van der Waals surface area contributed by atoms with Gasteiger partial charge in [-0.25, -0.2) is 0 Å². The first-order valence-electron chi connectivity index (χ1n) is 11.0. The Kier molecular flexibility index (Phi) is 3.64. The van der Waals surface area contributed by atoms with Crippen LogP contribution in [-0.4, -0.2) is 9.97 Å². The van der Waals surface area contributed by atoms with Gasteiger partial charge in [-0.1, -0.05) is 91.8 Å². The van der Waals surface area contributed by atoms with Gasteiger partial charge >= 0.3 is 0 Å². The molecule has 0 saturated carbocycles. The van der Waals surface area contributed by atoms with Crippen LogP contribution < -0.4 is 10.7 Å². The first-order chi connectivity index (χ1) is 13.9. The Hall–Kier alpha value is -2.48. The van der Waals surface area contributed by atoms with Crippen molar-refractivity contribution in [2.45, 2.75) is 55.4 Å². The molecule has 5 rings (SSSR count). The van der Waals surface area contributed by atoms with Crippen molar-refractivity contribution < 1.29 is 0 Å². The maximum Gasteiger partial charge on any atom is 0.0931 e. The zero-order valence-electron chi connectivity index (χ0n) is 19.5. The number of hydrogen-bond acceptors (Lipinski definition) is 2. The van der Waals surface area contributed by atoms with Gasteiger partial charge in [0.05, 0.1) is 10.7 Å². The SMILES string of the molecule is CC(C)(C)C1=CC2=c3nccnc3=C3C=C(C(C)(C)C)C=C4C=CC(=C1)[C@@]2(C)[C@]43C. The number of hydrogen-bond donors (Lipinski definition) is 0. The predicted octanol–water partition coefficient (Wildman–Crippen LogP) is 5.20. The number of rotatable bonds is 0. The van der Waals surface area contributed by atoms with E-state index in [0.717, 1.165) is 10.7 Å². The van der Waals surface area contributed by atoms with E-state index in [2.05, 4.69) is 91.8 Å². The third-order valence-electron chi connectivity index (χ3n) is 7.84. The Morgan fingerprint density at radius 2 is 0.967 bits per heavy atom. The molecule has 0 N–H and O–H groups in total. The van der Waals surface area contributed by atoms with Gasteiger partial charge in [0, 0.05) is 23.2 Å². The van der Waals surface area contributed by atoms with Crippen LogP contribution in [0.3, 0.4) is 0 Å². The largest absolute Gasteiger partial charge is 0.253 e. The average molecular weight is 397 g/mol. The van der Waals surface area contributed by atoms with Crippen molar-refractivity contribution in [3.05, 3.63) is 81.8 Å². The Labute approximate surface area is 180 Å². The van der Waals surface area contributed by atoms with E-state index in [0.29, 0.717) is 0 Å². The van der Waals surface area contributed by atoms with E-state index in [4.69, 9.17) is 9.97 Å².